The molecule has 0 radical (unpaired) electrons. The fraction of sp³-hybridized carbons (Fsp3) is 0.263. The topological polar surface area (TPSA) is 103 Å². The summed E-state index contributed by atoms with van der Waals surface area (Å²) in [7, 11) is 0. The van der Waals surface area contributed by atoms with E-state index < -0.39 is 0 Å². The van der Waals surface area contributed by atoms with E-state index >= 15 is 0 Å². The van der Waals surface area contributed by atoms with Crippen LogP contribution in [0.4, 0.5) is 5.69 Å². The maximum Gasteiger partial charge on any atom is 0.226 e. The third-order valence-corrected chi connectivity index (χ3v) is 4.48. The van der Waals surface area contributed by atoms with Gasteiger partial charge in [0.2, 0.25) is 5.91 Å². The van der Waals surface area contributed by atoms with Crippen LogP contribution >= 0.6 is 23.8 Å². The normalized spacial score (nSPS) is 10.6. The molecule has 0 aliphatic rings. The number of anilines is 1. The number of nitrogens with one attached hydrogen (secondary N) is 2. The molecule has 28 heavy (non-hydrogen) atoms. The van der Waals surface area contributed by atoms with Gasteiger partial charge < -0.3 is 16.1 Å². The van der Waals surface area contributed by atoms with Crippen molar-refractivity contribution in [1.82, 2.24) is 20.3 Å². The van der Waals surface area contributed by atoms with Crippen LogP contribution < -0.4 is 10.6 Å². The van der Waals surface area contributed by atoms with E-state index in [9.17, 15) is 4.79 Å². The second-order valence-corrected chi connectivity index (χ2v) is 7.54. The van der Waals surface area contributed by atoms with Crippen LogP contribution in [0.15, 0.2) is 36.4 Å². The zero-order valence-electron chi connectivity index (χ0n) is 15.8. The standard InChI is InChI=1S/C19H20ClN5OS.H2O/c1-11(2)8-18(26)22-19(27)21-13-5-7-16-17(9-13)24-25(23-16)14-6-4-12(3)15(20)10-14;/h4-7,9-11H,8H2,1-3H3,(H2,21,22,26,27);1H2. The molecule has 4 N–H and O–H groups in total. The summed E-state index contributed by atoms with van der Waals surface area (Å²) in [6.45, 7) is 5.91. The highest BCUT2D eigenvalue weighted by Gasteiger charge is 2.10. The molecule has 0 aliphatic heterocycles. The Kier molecular flexibility index (Phi) is 7.06. The first kappa shape index (κ1) is 21.7. The van der Waals surface area contributed by atoms with Crippen LogP contribution in [0.1, 0.15) is 25.8 Å². The summed E-state index contributed by atoms with van der Waals surface area (Å²) in [5.41, 5.74) is 3.95. The monoisotopic (exact) mass is 419 g/mol. The van der Waals surface area contributed by atoms with Crippen LogP contribution in [0.2, 0.25) is 5.02 Å². The number of benzene rings is 2. The molecule has 0 bridgehead atoms. The first-order chi connectivity index (χ1) is 12.8. The maximum absolute atomic E-state index is 11.8. The molecule has 0 aliphatic carbocycles. The van der Waals surface area contributed by atoms with E-state index in [1.165, 1.54) is 0 Å². The number of thiocarbonyl (C=S) groups is 1. The quantitative estimate of drug-likeness (QED) is 0.630. The predicted octanol–water partition coefficient (Wildman–Crippen LogP) is 3.42. The Hall–Kier alpha value is -2.55. The van der Waals surface area contributed by atoms with Crippen LogP contribution in [-0.2, 0) is 4.79 Å². The van der Waals surface area contributed by atoms with Crippen LogP contribution in [0.5, 0.6) is 0 Å². The number of aryl methyl sites for hydroxylation is 1. The number of amides is 1. The third-order valence-electron chi connectivity index (χ3n) is 3.87. The number of hydrogen-bond donors (Lipinski definition) is 2. The number of halogens is 1. The first-order valence-electron chi connectivity index (χ1n) is 8.56. The number of aromatic nitrogens is 3. The Bertz CT molecular complexity index is 1020. The summed E-state index contributed by atoms with van der Waals surface area (Å²) in [4.78, 5) is 13.3. The fourth-order valence-corrected chi connectivity index (χ4v) is 2.93. The largest absolute Gasteiger partial charge is 0.412 e. The van der Waals surface area contributed by atoms with Gasteiger partial charge in [-0.05, 0) is 61.0 Å². The van der Waals surface area contributed by atoms with Gasteiger partial charge in [0.05, 0.1) is 5.69 Å². The molecule has 0 unspecified atom stereocenters. The van der Waals surface area contributed by atoms with Crippen molar-refractivity contribution in [2.75, 3.05) is 5.32 Å². The zero-order valence-corrected chi connectivity index (χ0v) is 17.4. The van der Waals surface area contributed by atoms with Gasteiger partial charge in [-0.15, -0.1) is 10.2 Å². The number of carbonyl (C=O) groups is 1. The molecule has 0 saturated carbocycles. The minimum atomic E-state index is -0.106. The summed E-state index contributed by atoms with van der Waals surface area (Å²) in [6.07, 6.45) is 0.425. The molecule has 148 valence electrons. The minimum absolute atomic E-state index is 0. The smallest absolute Gasteiger partial charge is 0.226 e. The second kappa shape index (κ2) is 9.09. The average molecular weight is 420 g/mol. The van der Waals surface area contributed by atoms with Crippen molar-refractivity contribution < 1.29 is 10.3 Å². The Balaban J connectivity index is 0.00000280. The van der Waals surface area contributed by atoms with E-state index in [-0.39, 0.29) is 22.4 Å². The van der Waals surface area contributed by atoms with E-state index in [2.05, 4.69) is 20.8 Å². The number of carbonyl (C=O) groups excluding carboxylic acids is 1. The van der Waals surface area contributed by atoms with E-state index in [4.69, 9.17) is 23.8 Å². The lowest BCUT2D eigenvalue weighted by atomic mass is 10.1. The summed E-state index contributed by atoms with van der Waals surface area (Å²) >= 11 is 11.4. The van der Waals surface area contributed by atoms with E-state index in [0.717, 1.165) is 22.5 Å². The summed E-state index contributed by atoms with van der Waals surface area (Å²) in [5.74, 6) is 0.167. The van der Waals surface area contributed by atoms with Crippen molar-refractivity contribution >= 4 is 51.6 Å². The van der Waals surface area contributed by atoms with Gasteiger partial charge in [-0.1, -0.05) is 31.5 Å². The maximum atomic E-state index is 11.8. The molecule has 7 nitrogen and oxygen atoms in total. The first-order valence-corrected chi connectivity index (χ1v) is 9.35. The summed E-state index contributed by atoms with van der Waals surface area (Å²) < 4.78 is 0. The number of nitrogens with zero attached hydrogens (tertiary/aromatic N) is 3. The van der Waals surface area contributed by atoms with Gasteiger partial charge in [0.15, 0.2) is 5.11 Å². The molecule has 1 aromatic heterocycles. The van der Waals surface area contributed by atoms with Crippen LogP contribution in [0.3, 0.4) is 0 Å². The minimum Gasteiger partial charge on any atom is -0.412 e. The van der Waals surface area contributed by atoms with Crippen LogP contribution in [0.25, 0.3) is 16.7 Å². The third kappa shape index (κ3) is 5.25. The average Bonchev–Trinajstić information content (AvgIpc) is 2.99. The van der Waals surface area contributed by atoms with Gasteiger partial charge in [-0.25, -0.2) is 0 Å². The zero-order chi connectivity index (χ0) is 19.6. The van der Waals surface area contributed by atoms with Gasteiger partial charge in [0, 0.05) is 17.1 Å². The van der Waals surface area contributed by atoms with Crippen molar-refractivity contribution in [3.63, 3.8) is 0 Å². The Morgan fingerprint density at radius 1 is 1.18 bits per heavy atom. The lowest BCUT2D eigenvalue weighted by molar-refractivity contribution is -0.120. The van der Waals surface area contributed by atoms with E-state index in [0.29, 0.717) is 17.0 Å². The van der Waals surface area contributed by atoms with Gasteiger partial charge in [-0.2, -0.15) is 4.80 Å². The number of fused-ring (bicyclic) bond motifs is 1. The molecular weight excluding hydrogens is 398 g/mol. The fourth-order valence-electron chi connectivity index (χ4n) is 2.52. The lowest BCUT2D eigenvalue weighted by Gasteiger charge is -2.10. The molecule has 2 aromatic carbocycles. The van der Waals surface area contributed by atoms with E-state index in [1.807, 2.05) is 57.2 Å². The predicted molar refractivity (Wildman–Crippen MR) is 116 cm³/mol. The number of rotatable bonds is 4. The molecule has 3 rings (SSSR count). The van der Waals surface area contributed by atoms with Crippen LogP contribution in [0, 0.1) is 12.8 Å². The second-order valence-electron chi connectivity index (χ2n) is 6.73. The van der Waals surface area contributed by atoms with Crippen molar-refractivity contribution in [2.45, 2.75) is 27.2 Å². The molecule has 0 spiro atoms. The summed E-state index contributed by atoms with van der Waals surface area (Å²) in [5, 5.41) is 15.6. The van der Waals surface area contributed by atoms with Gasteiger partial charge in [0.25, 0.3) is 0 Å². The number of hydrogen-bond acceptors (Lipinski definition) is 4. The lowest BCUT2D eigenvalue weighted by Crippen LogP contribution is -2.34. The van der Waals surface area contributed by atoms with Crippen molar-refractivity contribution in [2.24, 2.45) is 5.92 Å². The Labute approximate surface area is 173 Å². The molecule has 0 saturated heterocycles. The van der Waals surface area contributed by atoms with Crippen molar-refractivity contribution in [3.8, 4) is 5.69 Å². The molecule has 3 aromatic rings. The SMILES string of the molecule is Cc1ccc(-n2nc3ccc(NC(=S)NC(=O)CC(C)C)cc3n2)cc1Cl.O. The summed E-state index contributed by atoms with van der Waals surface area (Å²) in [6, 6.07) is 11.2. The molecule has 1 heterocycles. The Morgan fingerprint density at radius 3 is 2.57 bits per heavy atom. The van der Waals surface area contributed by atoms with E-state index in [1.54, 1.807) is 4.80 Å². The van der Waals surface area contributed by atoms with Gasteiger partial charge >= 0.3 is 0 Å². The molecular formula is C19H22ClN5O2S. The molecule has 0 atom stereocenters. The highest BCUT2D eigenvalue weighted by atomic mass is 35.5. The van der Waals surface area contributed by atoms with Crippen molar-refractivity contribution in [1.29, 1.82) is 0 Å². The van der Waals surface area contributed by atoms with Gasteiger partial charge in [-0.3, -0.25) is 4.79 Å². The van der Waals surface area contributed by atoms with Gasteiger partial charge in [0.1, 0.15) is 11.0 Å². The molecule has 0 fully saturated rings. The molecule has 1 amide bonds. The van der Waals surface area contributed by atoms with Crippen LogP contribution in [-0.4, -0.2) is 31.5 Å². The highest BCUT2D eigenvalue weighted by molar-refractivity contribution is 7.80. The highest BCUT2D eigenvalue weighted by Crippen LogP contribution is 2.21. The van der Waals surface area contributed by atoms with Crippen molar-refractivity contribution in [3.05, 3.63) is 47.0 Å². The molecule has 9 heteroatoms. The Morgan fingerprint density at radius 2 is 1.89 bits per heavy atom.